The van der Waals surface area contributed by atoms with Gasteiger partial charge in [-0.05, 0) is 44.0 Å². The molecule has 1 amide bonds. The van der Waals surface area contributed by atoms with Crippen LogP contribution < -0.4 is 5.32 Å². The number of carbonyl (C=O) groups is 1. The molecule has 1 aromatic carbocycles. The van der Waals surface area contributed by atoms with Gasteiger partial charge in [-0.1, -0.05) is 44.2 Å². The molecule has 0 fully saturated rings. The Morgan fingerprint density at radius 2 is 2.04 bits per heavy atom. The first-order chi connectivity index (χ1) is 11.5. The molecule has 5 nitrogen and oxygen atoms in total. The number of aromatic amines is 1. The first-order valence-electron chi connectivity index (χ1n) is 8.59. The van der Waals surface area contributed by atoms with E-state index in [-0.39, 0.29) is 5.91 Å². The molecular formula is C19H28N4O. The Morgan fingerprint density at radius 3 is 2.75 bits per heavy atom. The van der Waals surface area contributed by atoms with E-state index in [1.54, 1.807) is 0 Å². The van der Waals surface area contributed by atoms with Crippen LogP contribution in [0.3, 0.4) is 0 Å². The van der Waals surface area contributed by atoms with E-state index in [2.05, 4.69) is 65.6 Å². The molecule has 130 valence electrons. The van der Waals surface area contributed by atoms with Gasteiger partial charge in [-0.15, -0.1) is 0 Å². The quantitative estimate of drug-likeness (QED) is 0.696. The van der Waals surface area contributed by atoms with Crippen LogP contribution in [0, 0.1) is 5.92 Å². The van der Waals surface area contributed by atoms with Crippen molar-refractivity contribution >= 4 is 5.91 Å². The number of hydrogen-bond acceptors (Lipinski definition) is 3. The van der Waals surface area contributed by atoms with Gasteiger partial charge in [-0.25, -0.2) is 0 Å². The SMILES string of the molecule is CC(C)Cc1cc(C(=O)NCCCN(C)Cc2ccccc2)n[nH]1. The van der Waals surface area contributed by atoms with Crippen LogP contribution >= 0.6 is 0 Å². The monoisotopic (exact) mass is 328 g/mol. The highest BCUT2D eigenvalue weighted by molar-refractivity contribution is 5.92. The zero-order chi connectivity index (χ0) is 17.4. The highest BCUT2D eigenvalue weighted by Gasteiger charge is 2.10. The summed E-state index contributed by atoms with van der Waals surface area (Å²) in [4.78, 5) is 14.3. The molecule has 0 radical (unpaired) electrons. The maximum atomic E-state index is 12.1. The Hall–Kier alpha value is -2.14. The second-order valence-corrected chi connectivity index (χ2v) is 6.71. The molecule has 0 atom stereocenters. The van der Waals surface area contributed by atoms with Crippen molar-refractivity contribution in [3.05, 3.63) is 53.3 Å². The number of H-pyrrole nitrogens is 1. The number of rotatable bonds is 9. The minimum Gasteiger partial charge on any atom is -0.351 e. The molecule has 0 saturated carbocycles. The van der Waals surface area contributed by atoms with Gasteiger partial charge in [0, 0.05) is 18.8 Å². The summed E-state index contributed by atoms with van der Waals surface area (Å²) in [7, 11) is 2.10. The van der Waals surface area contributed by atoms with E-state index in [1.165, 1.54) is 5.56 Å². The van der Waals surface area contributed by atoms with Crippen LogP contribution in [0.25, 0.3) is 0 Å². The van der Waals surface area contributed by atoms with Crippen LogP contribution in [0.5, 0.6) is 0 Å². The first-order valence-corrected chi connectivity index (χ1v) is 8.59. The summed E-state index contributed by atoms with van der Waals surface area (Å²) < 4.78 is 0. The lowest BCUT2D eigenvalue weighted by Crippen LogP contribution is -2.28. The van der Waals surface area contributed by atoms with Crippen molar-refractivity contribution in [2.45, 2.75) is 33.2 Å². The Bertz CT molecular complexity index is 621. The van der Waals surface area contributed by atoms with Crippen LogP contribution in [0.4, 0.5) is 0 Å². The fourth-order valence-corrected chi connectivity index (χ4v) is 2.64. The van der Waals surface area contributed by atoms with Gasteiger partial charge in [0.2, 0.25) is 0 Å². The largest absolute Gasteiger partial charge is 0.351 e. The van der Waals surface area contributed by atoms with E-state index in [1.807, 2.05) is 12.1 Å². The lowest BCUT2D eigenvalue weighted by molar-refractivity contribution is 0.0947. The average Bonchev–Trinajstić information content (AvgIpc) is 3.00. The fourth-order valence-electron chi connectivity index (χ4n) is 2.64. The molecule has 5 heteroatoms. The summed E-state index contributed by atoms with van der Waals surface area (Å²) in [6, 6.07) is 12.2. The minimum atomic E-state index is -0.105. The summed E-state index contributed by atoms with van der Waals surface area (Å²) in [6.45, 7) is 6.81. The molecule has 2 aromatic rings. The molecule has 0 unspecified atom stereocenters. The normalized spacial score (nSPS) is 11.2. The van der Waals surface area contributed by atoms with E-state index >= 15 is 0 Å². The highest BCUT2D eigenvalue weighted by atomic mass is 16.1. The Kier molecular flexibility index (Phi) is 7.00. The van der Waals surface area contributed by atoms with Gasteiger partial charge >= 0.3 is 0 Å². The lowest BCUT2D eigenvalue weighted by atomic mass is 10.1. The van der Waals surface area contributed by atoms with E-state index in [4.69, 9.17) is 0 Å². The Labute approximate surface area is 144 Å². The number of nitrogens with one attached hydrogen (secondary N) is 2. The molecule has 0 aliphatic heterocycles. The minimum absolute atomic E-state index is 0.105. The molecule has 24 heavy (non-hydrogen) atoms. The smallest absolute Gasteiger partial charge is 0.271 e. The van der Waals surface area contributed by atoms with Gasteiger partial charge in [-0.2, -0.15) is 5.10 Å². The predicted octanol–water partition coefficient (Wildman–Crippen LogP) is 2.86. The highest BCUT2D eigenvalue weighted by Crippen LogP contribution is 2.07. The van der Waals surface area contributed by atoms with Crippen LogP contribution in [-0.2, 0) is 13.0 Å². The van der Waals surface area contributed by atoms with Crippen molar-refractivity contribution in [1.29, 1.82) is 0 Å². The molecule has 0 aliphatic rings. The van der Waals surface area contributed by atoms with Crippen LogP contribution in [0.15, 0.2) is 36.4 Å². The third-order valence-corrected chi connectivity index (χ3v) is 3.79. The van der Waals surface area contributed by atoms with Gasteiger partial charge in [-0.3, -0.25) is 9.89 Å². The van der Waals surface area contributed by atoms with Crippen molar-refractivity contribution in [2.24, 2.45) is 5.92 Å². The third kappa shape index (κ3) is 6.16. The molecule has 0 bridgehead atoms. The van der Waals surface area contributed by atoms with Crippen molar-refractivity contribution in [1.82, 2.24) is 20.4 Å². The van der Waals surface area contributed by atoms with Crippen LogP contribution in [-0.4, -0.2) is 41.1 Å². The van der Waals surface area contributed by atoms with E-state index < -0.39 is 0 Å². The van der Waals surface area contributed by atoms with Gasteiger partial charge in [0.05, 0.1) is 0 Å². The number of carbonyl (C=O) groups excluding carboxylic acids is 1. The lowest BCUT2D eigenvalue weighted by Gasteiger charge is -2.16. The molecule has 1 heterocycles. The zero-order valence-corrected chi connectivity index (χ0v) is 14.9. The number of hydrogen-bond donors (Lipinski definition) is 2. The molecular weight excluding hydrogens is 300 g/mol. The maximum absolute atomic E-state index is 12.1. The van der Waals surface area contributed by atoms with Crippen LogP contribution in [0.2, 0.25) is 0 Å². The van der Waals surface area contributed by atoms with Crippen molar-refractivity contribution < 1.29 is 4.79 Å². The molecule has 2 N–H and O–H groups in total. The predicted molar refractivity (Wildman–Crippen MR) is 96.9 cm³/mol. The summed E-state index contributed by atoms with van der Waals surface area (Å²) in [5.74, 6) is 0.438. The standard InChI is InChI=1S/C19H28N4O/c1-15(2)12-17-13-18(22-21-17)19(24)20-10-7-11-23(3)14-16-8-5-4-6-9-16/h4-6,8-9,13,15H,7,10-12,14H2,1-3H3,(H,20,24)(H,21,22). The Morgan fingerprint density at radius 1 is 1.29 bits per heavy atom. The Balaban J connectivity index is 1.66. The van der Waals surface area contributed by atoms with Crippen molar-refractivity contribution in [3.8, 4) is 0 Å². The van der Waals surface area contributed by atoms with Gasteiger partial charge in [0.1, 0.15) is 5.69 Å². The second-order valence-electron chi connectivity index (χ2n) is 6.71. The van der Waals surface area contributed by atoms with Crippen molar-refractivity contribution in [2.75, 3.05) is 20.1 Å². The molecule has 0 spiro atoms. The van der Waals surface area contributed by atoms with Gasteiger partial charge in [0.25, 0.3) is 5.91 Å². The molecule has 0 aliphatic carbocycles. The second kappa shape index (κ2) is 9.23. The van der Waals surface area contributed by atoms with E-state index in [9.17, 15) is 4.79 Å². The van der Waals surface area contributed by atoms with Crippen LogP contribution in [0.1, 0.15) is 42.0 Å². The van der Waals surface area contributed by atoms with Gasteiger partial charge < -0.3 is 10.2 Å². The number of amides is 1. The number of nitrogens with zero attached hydrogens (tertiary/aromatic N) is 2. The average molecular weight is 328 g/mol. The molecule has 1 aromatic heterocycles. The summed E-state index contributed by atoms with van der Waals surface area (Å²) in [5.41, 5.74) is 2.79. The third-order valence-electron chi connectivity index (χ3n) is 3.79. The maximum Gasteiger partial charge on any atom is 0.271 e. The molecule has 2 rings (SSSR count). The number of aromatic nitrogens is 2. The van der Waals surface area contributed by atoms with Gasteiger partial charge in [0.15, 0.2) is 0 Å². The van der Waals surface area contributed by atoms with E-state index in [0.29, 0.717) is 18.2 Å². The topological polar surface area (TPSA) is 61.0 Å². The molecule has 0 saturated heterocycles. The zero-order valence-electron chi connectivity index (χ0n) is 14.9. The summed E-state index contributed by atoms with van der Waals surface area (Å²) in [6.07, 6.45) is 1.82. The van der Waals surface area contributed by atoms with Crippen molar-refractivity contribution in [3.63, 3.8) is 0 Å². The summed E-state index contributed by atoms with van der Waals surface area (Å²) >= 11 is 0. The van der Waals surface area contributed by atoms with E-state index in [0.717, 1.165) is 31.6 Å². The number of benzene rings is 1. The fraction of sp³-hybridized carbons (Fsp3) is 0.474. The first kappa shape index (κ1) is 18.2. The summed E-state index contributed by atoms with van der Waals surface area (Å²) in [5, 5.41) is 9.96.